The van der Waals surface area contributed by atoms with Gasteiger partial charge in [-0.25, -0.2) is 4.68 Å². The number of amides is 1. The number of hydrogen-bond donors (Lipinski definition) is 2. The van der Waals surface area contributed by atoms with Crippen molar-refractivity contribution in [1.29, 1.82) is 0 Å². The number of carbonyl (C=O) groups is 1. The number of nitrogens with zero attached hydrogens (tertiary/aromatic N) is 5. The minimum atomic E-state index is -0.0693. The maximum atomic E-state index is 11.8. The Hall–Kier alpha value is -2.25. The predicted octanol–water partition coefficient (Wildman–Crippen LogP) is 0.281. The van der Waals surface area contributed by atoms with Crippen LogP contribution in [0.4, 0.5) is 0 Å². The summed E-state index contributed by atoms with van der Waals surface area (Å²) < 4.78 is 1.53. The molecule has 0 unspecified atom stereocenters. The van der Waals surface area contributed by atoms with Gasteiger partial charge in [-0.2, -0.15) is 5.10 Å². The first-order valence-electron chi connectivity index (χ1n) is 6.09. The third kappa shape index (κ3) is 3.15. The molecule has 0 spiro atoms. The highest BCUT2D eigenvalue weighted by Gasteiger charge is 2.16. The molecule has 1 amide bonds. The number of tetrazole rings is 1. The van der Waals surface area contributed by atoms with Crippen molar-refractivity contribution in [3.8, 4) is 0 Å². The lowest BCUT2D eigenvalue weighted by Crippen LogP contribution is -2.28. The Kier molecular flexibility index (Phi) is 3.88. The molecule has 2 heterocycles. The van der Waals surface area contributed by atoms with Gasteiger partial charge in [0.05, 0.1) is 18.3 Å². The molecule has 0 aliphatic heterocycles. The van der Waals surface area contributed by atoms with Crippen LogP contribution in [0.5, 0.6) is 0 Å². The zero-order valence-electron chi connectivity index (χ0n) is 11.2. The fourth-order valence-corrected chi connectivity index (χ4v) is 2.08. The maximum Gasteiger partial charge on any atom is 0.222 e. The number of aromatic amines is 1. The number of aryl methyl sites for hydroxylation is 3. The number of rotatable bonds is 5. The molecule has 2 rings (SSSR count). The second-order valence-electron chi connectivity index (χ2n) is 4.46. The van der Waals surface area contributed by atoms with E-state index in [1.54, 1.807) is 0 Å². The van der Waals surface area contributed by atoms with Gasteiger partial charge in [-0.1, -0.05) is 0 Å². The van der Waals surface area contributed by atoms with E-state index in [-0.39, 0.29) is 11.9 Å². The lowest BCUT2D eigenvalue weighted by atomic mass is 10.1. The van der Waals surface area contributed by atoms with Gasteiger partial charge in [0, 0.05) is 17.7 Å². The zero-order chi connectivity index (χ0) is 13.8. The Labute approximate surface area is 110 Å². The molecule has 0 saturated carbocycles. The van der Waals surface area contributed by atoms with Crippen LogP contribution in [-0.2, 0) is 11.3 Å². The molecule has 0 saturated heterocycles. The number of H-pyrrole nitrogens is 1. The van der Waals surface area contributed by atoms with E-state index in [9.17, 15) is 4.79 Å². The summed E-state index contributed by atoms with van der Waals surface area (Å²) in [6.07, 6.45) is 1.83. The lowest BCUT2D eigenvalue weighted by Gasteiger charge is -2.14. The van der Waals surface area contributed by atoms with Crippen molar-refractivity contribution < 1.29 is 4.79 Å². The van der Waals surface area contributed by atoms with Gasteiger partial charge in [-0.3, -0.25) is 9.89 Å². The smallest absolute Gasteiger partial charge is 0.222 e. The maximum absolute atomic E-state index is 11.8. The van der Waals surface area contributed by atoms with Crippen molar-refractivity contribution in [3.05, 3.63) is 23.3 Å². The average Bonchev–Trinajstić information content (AvgIpc) is 2.97. The summed E-state index contributed by atoms with van der Waals surface area (Å²) in [6, 6.07) is -0.0693. The molecule has 19 heavy (non-hydrogen) atoms. The van der Waals surface area contributed by atoms with Gasteiger partial charge in [0.1, 0.15) is 6.33 Å². The van der Waals surface area contributed by atoms with Crippen molar-refractivity contribution in [2.45, 2.75) is 39.8 Å². The van der Waals surface area contributed by atoms with E-state index in [1.165, 1.54) is 11.0 Å². The molecule has 2 aromatic rings. The Bertz CT molecular complexity index is 526. The first-order chi connectivity index (χ1) is 9.08. The average molecular weight is 263 g/mol. The van der Waals surface area contributed by atoms with Crippen molar-refractivity contribution in [2.75, 3.05) is 0 Å². The zero-order valence-corrected chi connectivity index (χ0v) is 11.2. The van der Waals surface area contributed by atoms with Crippen LogP contribution in [0.1, 0.15) is 36.3 Å². The minimum Gasteiger partial charge on any atom is -0.349 e. The Morgan fingerprint density at radius 1 is 1.53 bits per heavy atom. The van der Waals surface area contributed by atoms with E-state index in [0.717, 1.165) is 17.0 Å². The Balaban J connectivity index is 1.88. The summed E-state index contributed by atoms with van der Waals surface area (Å²) in [5, 5.41) is 20.7. The number of carbonyl (C=O) groups excluding carboxylic acids is 1. The highest BCUT2D eigenvalue weighted by Crippen LogP contribution is 2.18. The van der Waals surface area contributed by atoms with Crippen molar-refractivity contribution in [2.24, 2.45) is 0 Å². The van der Waals surface area contributed by atoms with Gasteiger partial charge in [-0.05, 0) is 31.2 Å². The van der Waals surface area contributed by atoms with Crippen molar-refractivity contribution in [3.63, 3.8) is 0 Å². The molecule has 0 aromatic carbocycles. The van der Waals surface area contributed by atoms with E-state index in [1.807, 2.05) is 20.8 Å². The van der Waals surface area contributed by atoms with Crippen LogP contribution in [0.3, 0.4) is 0 Å². The lowest BCUT2D eigenvalue weighted by molar-refractivity contribution is -0.122. The molecule has 8 nitrogen and oxygen atoms in total. The monoisotopic (exact) mass is 263 g/mol. The van der Waals surface area contributed by atoms with Crippen LogP contribution < -0.4 is 5.32 Å². The molecule has 2 N–H and O–H groups in total. The van der Waals surface area contributed by atoms with Crippen molar-refractivity contribution >= 4 is 5.91 Å². The summed E-state index contributed by atoms with van der Waals surface area (Å²) in [4.78, 5) is 11.8. The van der Waals surface area contributed by atoms with Crippen LogP contribution >= 0.6 is 0 Å². The van der Waals surface area contributed by atoms with Gasteiger partial charge >= 0.3 is 0 Å². The summed E-state index contributed by atoms with van der Waals surface area (Å²) in [6.45, 7) is 6.27. The van der Waals surface area contributed by atoms with E-state index in [4.69, 9.17) is 0 Å². The van der Waals surface area contributed by atoms with Crippen LogP contribution in [0, 0.1) is 13.8 Å². The fourth-order valence-electron chi connectivity index (χ4n) is 2.08. The van der Waals surface area contributed by atoms with E-state index < -0.39 is 0 Å². The largest absolute Gasteiger partial charge is 0.349 e. The van der Waals surface area contributed by atoms with Gasteiger partial charge < -0.3 is 5.32 Å². The molecule has 0 aliphatic rings. The van der Waals surface area contributed by atoms with Crippen LogP contribution in [0.25, 0.3) is 0 Å². The second kappa shape index (κ2) is 5.59. The molecule has 8 heteroatoms. The van der Waals surface area contributed by atoms with E-state index in [2.05, 4.69) is 31.0 Å². The second-order valence-corrected chi connectivity index (χ2v) is 4.46. The standard InChI is InChI=1S/C11H17N7O/c1-7(11-8(2)14-15-9(11)3)13-10(19)4-5-18-6-12-16-17-18/h6-7H,4-5H2,1-3H3,(H,13,19)(H,14,15)/t7-/m1/s1. The van der Waals surface area contributed by atoms with Gasteiger partial charge in [0.2, 0.25) is 5.91 Å². The molecule has 0 radical (unpaired) electrons. The number of nitrogens with one attached hydrogen (secondary N) is 2. The minimum absolute atomic E-state index is 0.0389. The topological polar surface area (TPSA) is 101 Å². The summed E-state index contributed by atoms with van der Waals surface area (Å²) >= 11 is 0. The third-order valence-electron chi connectivity index (χ3n) is 2.96. The Morgan fingerprint density at radius 3 is 2.89 bits per heavy atom. The summed E-state index contributed by atoms with van der Waals surface area (Å²) in [5.41, 5.74) is 2.92. The van der Waals surface area contributed by atoms with Gasteiger partial charge in [-0.15, -0.1) is 5.10 Å². The molecular formula is C11H17N7O. The van der Waals surface area contributed by atoms with Gasteiger partial charge in [0.25, 0.3) is 0 Å². The predicted molar refractivity (Wildman–Crippen MR) is 67.1 cm³/mol. The molecule has 1 atom stereocenters. The van der Waals surface area contributed by atoms with Crippen LogP contribution in [-0.4, -0.2) is 36.3 Å². The quantitative estimate of drug-likeness (QED) is 0.806. The first kappa shape index (κ1) is 13.2. The molecule has 0 fully saturated rings. The van der Waals surface area contributed by atoms with Crippen LogP contribution in [0.2, 0.25) is 0 Å². The summed E-state index contributed by atoms with van der Waals surface area (Å²) in [7, 11) is 0. The fraction of sp³-hybridized carbons (Fsp3) is 0.545. The third-order valence-corrected chi connectivity index (χ3v) is 2.96. The number of hydrogen-bond acceptors (Lipinski definition) is 5. The summed E-state index contributed by atoms with van der Waals surface area (Å²) in [5.74, 6) is -0.0389. The van der Waals surface area contributed by atoms with Gasteiger partial charge in [0.15, 0.2) is 0 Å². The van der Waals surface area contributed by atoms with Crippen LogP contribution in [0.15, 0.2) is 6.33 Å². The molecule has 0 aliphatic carbocycles. The molecule has 102 valence electrons. The van der Waals surface area contributed by atoms with E-state index in [0.29, 0.717) is 13.0 Å². The highest BCUT2D eigenvalue weighted by atomic mass is 16.1. The molecular weight excluding hydrogens is 246 g/mol. The van der Waals surface area contributed by atoms with E-state index >= 15 is 0 Å². The Morgan fingerprint density at radius 2 is 2.32 bits per heavy atom. The highest BCUT2D eigenvalue weighted by molar-refractivity contribution is 5.76. The molecule has 2 aromatic heterocycles. The SMILES string of the molecule is Cc1n[nH]c(C)c1[C@@H](C)NC(=O)CCn1cnnn1. The molecule has 0 bridgehead atoms. The van der Waals surface area contributed by atoms with Crippen molar-refractivity contribution in [1.82, 2.24) is 35.7 Å². The normalized spacial score (nSPS) is 12.4. The number of aromatic nitrogens is 6. The first-order valence-corrected chi connectivity index (χ1v) is 6.09.